The summed E-state index contributed by atoms with van der Waals surface area (Å²) < 4.78 is 0.972. The Hall–Kier alpha value is -0.870. The third-order valence-corrected chi connectivity index (χ3v) is 3.06. The van der Waals surface area contributed by atoms with Gasteiger partial charge in [0.15, 0.2) is 0 Å². The lowest BCUT2D eigenvalue weighted by atomic mass is 10.0. The summed E-state index contributed by atoms with van der Waals surface area (Å²) in [6.07, 6.45) is -0.343. The van der Waals surface area contributed by atoms with Crippen molar-refractivity contribution in [2.75, 3.05) is 13.1 Å². The first-order valence-corrected chi connectivity index (χ1v) is 5.60. The number of carbonyl (C=O) groups excluding carboxylic acids is 1. The van der Waals surface area contributed by atoms with Crippen molar-refractivity contribution in [1.82, 2.24) is 4.90 Å². The van der Waals surface area contributed by atoms with E-state index in [1.165, 1.54) is 0 Å². The first kappa shape index (κ1) is 10.6. The number of rotatable bonds is 1. The predicted octanol–water partition coefficient (Wildman–Crippen LogP) is 1.57. The molecule has 1 saturated heterocycles. The van der Waals surface area contributed by atoms with E-state index in [1.54, 1.807) is 4.90 Å². The van der Waals surface area contributed by atoms with Crippen LogP contribution in [0, 0.1) is 6.92 Å². The van der Waals surface area contributed by atoms with Gasteiger partial charge in [0.2, 0.25) is 0 Å². The summed E-state index contributed by atoms with van der Waals surface area (Å²) in [6.45, 7) is 2.82. The van der Waals surface area contributed by atoms with E-state index in [4.69, 9.17) is 5.11 Å². The first-order valence-electron chi connectivity index (χ1n) is 4.81. The topological polar surface area (TPSA) is 40.5 Å². The van der Waals surface area contributed by atoms with E-state index < -0.39 is 0 Å². The quantitative estimate of drug-likeness (QED) is 0.841. The second-order valence-electron chi connectivity index (χ2n) is 3.82. The SMILES string of the molecule is Cc1cc(Br)ccc1C(=O)N1CC(O)C1. The molecule has 0 aromatic heterocycles. The van der Waals surface area contributed by atoms with Crippen LogP contribution in [0.1, 0.15) is 15.9 Å². The maximum Gasteiger partial charge on any atom is 0.254 e. The van der Waals surface area contributed by atoms with Gasteiger partial charge in [0.1, 0.15) is 0 Å². The number of aliphatic hydroxyl groups is 1. The zero-order chi connectivity index (χ0) is 11.0. The highest BCUT2D eigenvalue weighted by Crippen LogP contribution is 2.19. The summed E-state index contributed by atoms with van der Waals surface area (Å²) in [7, 11) is 0. The summed E-state index contributed by atoms with van der Waals surface area (Å²) in [4.78, 5) is 13.6. The van der Waals surface area contributed by atoms with Crippen molar-refractivity contribution in [3.63, 3.8) is 0 Å². The van der Waals surface area contributed by atoms with Gasteiger partial charge in [-0.1, -0.05) is 15.9 Å². The van der Waals surface area contributed by atoms with Crippen LogP contribution < -0.4 is 0 Å². The molecule has 2 rings (SSSR count). The average molecular weight is 270 g/mol. The fourth-order valence-corrected chi connectivity index (χ4v) is 2.13. The van der Waals surface area contributed by atoms with E-state index >= 15 is 0 Å². The summed E-state index contributed by atoms with van der Waals surface area (Å²) in [5.74, 6) is 0.00491. The smallest absolute Gasteiger partial charge is 0.254 e. The molecular weight excluding hydrogens is 258 g/mol. The molecule has 0 radical (unpaired) electrons. The predicted molar refractivity (Wildman–Crippen MR) is 60.8 cm³/mol. The lowest BCUT2D eigenvalue weighted by Crippen LogP contribution is -2.53. The molecule has 80 valence electrons. The van der Waals surface area contributed by atoms with E-state index in [2.05, 4.69) is 15.9 Å². The molecule has 0 unspecified atom stereocenters. The number of aliphatic hydroxyl groups excluding tert-OH is 1. The summed E-state index contributed by atoms with van der Waals surface area (Å²) in [6, 6.07) is 5.59. The molecule has 4 heteroatoms. The highest BCUT2D eigenvalue weighted by atomic mass is 79.9. The van der Waals surface area contributed by atoms with Crippen LogP contribution in [0.5, 0.6) is 0 Å². The Morgan fingerprint density at radius 1 is 1.53 bits per heavy atom. The Bertz CT molecular complexity index is 400. The summed E-state index contributed by atoms with van der Waals surface area (Å²) in [5, 5.41) is 9.13. The fourth-order valence-electron chi connectivity index (χ4n) is 1.66. The second kappa shape index (κ2) is 3.94. The standard InChI is InChI=1S/C11H12BrNO2/c1-7-4-8(12)2-3-10(7)11(15)13-5-9(14)6-13/h2-4,9,14H,5-6H2,1H3. The van der Waals surface area contributed by atoms with E-state index in [0.29, 0.717) is 18.7 Å². The normalized spacial score (nSPS) is 16.3. The molecule has 0 spiro atoms. The number of carbonyl (C=O) groups is 1. The third kappa shape index (κ3) is 2.06. The molecule has 1 aliphatic rings. The Morgan fingerprint density at radius 3 is 2.73 bits per heavy atom. The third-order valence-electron chi connectivity index (χ3n) is 2.57. The van der Waals surface area contributed by atoms with Crippen molar-refractivity contribution in [2.24, 2.45) is 0 Å². The highest BCUT2D eigenvalue weighted by molar-refractivity contribution is 9.10. The molecule has 1 fully saturated rings. The van der Waals surface area contributed by atoms with Crippen LogP contribution in [0.4, 0.5) is 0 Å². The van der Waals surface area contributed by atoms with Gasteiger partial charge in [-0.25, -0.2) is 0 Å². The van der Waals surface area contributed by atoms with Gasteiger partial charge in [-0.15, -0.1) is 0 Å². The van der Waals surface area contributed by atoms with Gasteiger partial charge in [0.25, 0.3) is 5.91 Å². The molecule has 15 heavy (non-hydrogen) atoms. The average Bonchev–Trinajstić information content (AvgIpc) is 2.12. The maximum absolute atomic E-state index is 11.9. The van der Waals surface area contributed by atoms with Crippen LogP contribution in [0.15, 0.2) is 22.7 Å². The molecule has 1 amide bonds. The molecular formula is C11H12BrNO2. The number of hydrogen-bond donors (Lipinski definition) is 1. The van der Waals surface area contributed by atoms with E-state index in [-0.39, 0.29) is 12.0 Å². The molecule has 1 heterocycles. The van der Waals surface area contributed by atoms with Gasteiger partial charge in [-0.3, -0.25) is 4.79 Å². The summed E-state index contributed by atoms with van der Waals surface area (Å²) >= 11 is 3.36. The number of nitrogens with zero attached hydrogens (tertiary/aromatic N) is 1. The molecule has 3 nitrogen and oxygen atoms in total. The minimum Gasteiger partial charge on any atom is -0.389 e. The van der Waals surface area contributed by atoms with Crippen LogP contribution in [-0.4, -0.2) is 35.1 Å². The van der Waals surface area contributed by atoms with Crippen LogP contribution >= 0.6 is 15.9 Å². The lowest BCUT2D eigenvalue weighted by molar-refractivity contribution is 0.00584. The zero-order valence-corrected chi connectivity index (χ0v) is 9.99. The van der Waals surface area contributed by atoms with E-state index in [0.717, 1.165) is 10.0 Å². The van der Waals surface area contributed by atoms with Crippen molar-refractivity contribution in [2.45, 2.75) is 13.0 Å². The molecule has 1 aromatic rings. The zero-order valence-electron chi connectivity index (χ0n) is 8.40. The Labute approximate surface area is 96.8 Å². The van der Waals surface area contributed by atoms with Gasteiger partial charge in [0.05, 0.1) is 6.10 Å². The van der Waals surface area contributed by atoms with Crippen LogP contribution in [-0.2, 0) is 0 Å². The highest BCUT2D eigenvalue weighted by Gasteiger charge is 2.29. The number of halogens is 1. The second-order valence-corrected chi connectivity index (χ2v) is 4.74. The number of β-amino-alcohol motifs (C(OH)–C–C–N with tert-alkyl or cyclic N) is 1. The first-order chi connectivity index (χ1) is 7.08. The van der Waals surface area contributed by atoms with Crippen LogP contribution in [0.2, 0.25) is 0 Å². The largest absolute Gasteiger partial charge is 0.389 e. The molecule has 0 saturated carbocycles. The van der Waals surface area contributed by atoms with E-state index in [9.17, 15) is 4.79 Å². The number of aryl methyl sites for hydroxylation is 1. The number of amides is 1. The van der Waals surface area contributed by atoms with Gasteiger partial charge >= 0.3 is 0 Å². The minimum atomic E-state index is -0.343. The fraction of sp³-hybridized carbons (Fsp3) is 0.364. The molecule has 1 aliphatic heterocycles. The Balaban J connectivity index is 2.19. The van der Waals surface area contributed by atoms with Crippen LogP contribution in [0.25, 0.3) is 0 Å². The van der Waals surface area contributed by atoms with Gasteiger partial charge in [0, 0.05) is 23.1 Å². The summed E-state index contributed by atoms with van der Waals surface area (Å²) in [5.41, 5.74) is 1.67. The molecule has 1 aromatic carbocycles. The molecule has 0 bridgehead atoms. The Kier molecular flexibility index (Phi) is 2.80. The number of likely N-dealkylation sites (tertiary alicyclic amines) is 1. The van der Waals surface area contributed by atoms with Crippen molar-refractivity contribution in [3.8, 4) is 0 Å². The monoisotopic (exact) mass is 269 g/mol. The van der Waals surface area contributed by atoms with Crippen molar-refractivity contribution in [1.29, 1.82) is 0 Å². The molecule has 0 atom stereocenters. The van der Waals surface area contributed by atoms with Crippen molar-refractivity contribution in [3.05, 3.63) is 33.8 Å². The van der Waals surface area contributed by atoms with Crippen molar-refractivity contribution >= 4 is 21.8 Å². The van der Waals surface area contributed by atoms with Gasteiger partial charge < -0.3 is 10.0 Å². The van der Waals surface area contributed by atoms with Gasteiger partial charge in [-0.2, -0.15) is 0 Å². The minimum absolute atomic E-state index is 0.00491. The number of hydrogen-bond acceptors (Lipinski definition) is 2. The van der Waals surface area contributed by atoms with Crippen LogP contribution in [0.3, 0.4) is 0 Å². The molecule has 0 aliphatic carbocycles. The number of benzene rings is 1. The maximum atomic E-state index is 11.9. The van der Waals surface area contributed by atoms with E-state index in [1.807, 2.05) is 25.1 Å². The molecule has 1 N–H and O–H groups in total. The Morgan fingerprint density at radius 2 is 2.20 bits per heavy atom. The van der Waals surface area contributed by atoms with Crippen molar-refractivity contribution < 1.29 is 9.90 Å². The lowest BCUT2D eigenvalue weighted by Gasteiger charge is -2.36. The van der Waals surface area contributed by atoms with Gasteiger partial charge in [-0.05, 0) is 30.7 Å².